The first-order valence-corrected chi connectivity index (χ1v) is 12.4. The minimum absolute atomic E-state index is 0.0142. The number of pyridine rings is 1. The van der Waals surface area contributed by atoms with Crippen LogP contribution in [-0.4, -0.2) is 46.1 Å². The summed E-state index contributed by atoms with van der Waals surface area (Å²) in [6.07, 6.45) is 4.99. The molecule has 1 aliphatic carbocycles. The van der Waals surface area contributed by atoms with Crippen LogP contribution >= 0.6 is 0 Å². The second kappa shape index (κ2) is 10.4. The SMILES string of the molecule is O=C(NO)[C@H]1C[C@H](Oc2ccc3ncccc3c2)CC[C@@H]1C(=O)N1CCC(c2ccccc2)CC1. The molecule has 1 saturated carbocycles. The van der Waals surface area contributed by atoms with Gasteiger partial charge in [0.25, 0.3) is 0 Å². The molecule has 1 aliphatic heterocycles. The van der Waals surface area contributed by atoms with Gasteiger partial charge < -0.3 is 9.64 Å². The van der Waals surface area contributed by atoms with E-state index in [9.17, 15) is 14.8 Å². The summed E-state index contributed by atoms with van der Waals surface area (Å²) in [7, 11) is 0. The Bertz CT molecular complexity index is 1180. The second-order valence-corrected chi connectivity index (χ2v) is 9.61. The van der Waals surface area contributed by atoms with E-state index in [-0.39, 0.29) is 12.0 Å². The number of rotatable bonds is 5. The van der Waals surface area contributed by atoms with E-state index in [4.69, 9.17) is 4.74 Å². The number of hydroxylamine groups is 1. The zero-order chi connectivity index (χ0) is 24.2. The van der Waals surface area contributed by atoms with Crippen LogP contribution in [0.25, 0.3) is 10.9 Å². The Hall–Kier alpha value is -3.45. The standard InChI is InChI=1S/C28H31N3O4/c32-27(30-34)25-18-23(35-22-9-11-26-21(17-22)7-4-14-29-26)8-10-24(25)28(33)31-15-12-20(13-16-31)19-5-2-1-3-6-19/h1-7,9,11,14,17,20,23-25,34H,8,10,12-13,15-16,18H2,(H,30,32)/t23-,24+,25+/m1/s1. The minimum Gasteiger partial charge on any atom is -0.490 e. The third-order valence-corrected chi connectivity index (χ3v) is 7.52. The molecule has 2 heterocycles. The Balaban J connectivity index is 1.23. The van der Waals surface area contributed by atoms with Crippen LogP contribution < -0.4 is 10.2 Å². The fourth-order valence-corrected chi connectivity index (χ4v) is 5.62. The number of aromatic nitrogens is 1. The van der Waals surface area contributed by atoms with E-state index < -0.39 is 17.7 Å². The number of carbonyl (C=O) groups is 2. The first kappa shape index (κ1) is 23.3. The molecule has 0 radical (unpaired) electrons. The van der Waals surface area contributed by atoms with Crippen molar-refractivity contribution >= 4 is 22.7 Å². The maximum absolute atomic E-state index is 13.5. The molecule has 1 saturated heterocycles. The normalized spacial score (nSPS) is 23.1. The highest BCUT2D eigenvalue weighted by molar-refractivity contribution is 5.87. The number of amides is 2. The van der Waals surface area contributed by atoms with Gasteiger partial charge in [0.1, 0.15) is 5.75 Å². The maximum atomic E-state index is 13.5. The fourth-order valence-electron chi connectivity index (χ4n) is 5.62. The summed E-state index contributed by atoms with van der Waals surface area (Å²) in [5.41, 5.74) is 4.00. The summed E-state index contributed by atoms with van der Waals surface area (Å²) in [6, 6.07) is 20.0. The molecule has 7 heteroatoms. The van der Waals surface area contributed by atoms with Gasteiger partial charge in [-0.3, -0.25) is 19.8 Å². The van der Waals surface area contributed by atoms with E-state index in [0.29, 0.717) is 44.0 Å². The lowest BCUT2D eigenvalue weighted by Gasteiger charge is -2.39. The smallest absolute Gasteiger partial charge is 0.247 e. The highest BCUT2D eigenvalue weighted by atomic mass is 16.5. The maximum Gasteiger partial charge on any atom is 0.247 e. The van der Waals surface area contributed by atoms with Gasteiger partial charge in [0.05, 0.1) is 23.5 Å². The lowest BCUT2D eigenvalue weighted by Crippen LogP contribution is -2.49. The highest BCUT2D eigenvalue weighted by Gasteiger charge is 2.42. The Morgan fingerprint density at radius 1 is 0.943 bits per heavy atom. The molecule has 3 atom stereocenters. The molecule has 1 aromatic heterocycles. The van der Waals surface area contributed by atoms with Crippen molar-refractivity contribution in [2.75, 3.05) is 13.1 Å². The molecule has 7 nitrogen and oxygen atoms in total. The van der Waals surface area contributed by atoms with Crippen LogP contribution in [0.5, 0.6) is 5.75 Å². The van der Waals surface area contributed by atoms with Gasteiger partial charge in [-0.25, -0.2) is 5.48 Å². The van der Waals surface area contributed by atoms with Crippen molar-refractivity contribution in [2.24, 2.45) is 11.8 Å². The van der Waals surface area contributed by atoms with Crippen LogP contribution in [0.4, 0.5) is 0 Å². The number of likely N-dealkylation sites (tertiary alicyclic amines) is 1. The van der Waals surface area contributed by atoms with E-state index in [2.05, 4.69) is 29.2 Å². The molecule has 35 heavy (non-hydrogen) atoms. The molecule has 2 N–H and O–H groups in total. The number of hydrogen-bond donors (Lipinski definition) is 2. The van der Waals surface area contributed by atoms with Crippen LogP contribution in [0, 0.1) is 11.8 Å². The van der Waals surface area contributed by atoms with Gasteiger partial charge in [0, 0.05) is 24.7 Å². The van der Waals surface area contributed by atoms with E-state index >= 15 is 0 Å². The average Bonchev–Trinajstić information content (AvgIpc) is 2.92. The summed E-state index contributed by atoms with van der Waals surface area (Å²) in [6.45, 7) is 1.38. The Morgan fingerprint density at radius 3 is 2.51 bits per heavy atom. The number of ether oxygens (including phenoxy) is 1. The number of hydrogen-bond acceptors (Lipinski definition) is 5. The molecule has 2 amide bonds. The molecular weight excluding hydrogens is 442 g/mol. The zero-order valence-corrected chi connectivity index (χ0v) is 19.7. The summed E-state index contributed by atoms with van der Waals surface area (Å²) in [5.74, 6) is -0.403. The van der Waals surface area contributed by atoms with Crippen LogP contribution in [-0.2, 0) is 9.59 Å². The number of piperidine rings is 1. The van der Waals surface area contributed by atoms with Gasteiger partial charge in [0.15, 0.2) is 0 Å². The van der Waals surface area contributed by atoms with Crippen LogP contribution in [0.3, 0.4) is 0 Å². The summed E-state index contributed by atoms with van der Waals surface area (Å²) in [5, 5.41) is 10.4. The Morgan fingerprint density at radius 2 is 1.74 bits per heavy atom. The third-order valence-electron chi connectivity index (χ3n) is 7.52. The first-order valence-electron chi connectivity index (χ1n) is 12.4. The average molecular weight is 474 g/mol. The van der Waals surface area contributed by atoms with E-state index in [1.54, 1.807) is 11.7 Å². The van der Waals surface area contributed by atoms with Crippen molar-refractivity contribution in [3.63, 3.8) is 0 Å². The molecular formula is C28H31N3O4. The molecule has 5 rings (SSSR count). The molecule has 2 aromatic carbocycles. The van der Waals surface area contributed by atoms with Gasteiger partial charge in [-0.05, 0) is 67.9 Å². The molecule has 2 fully saturated rings. The molecule has 0 spiro atoms. The molecule has 0 unspecified atom stereocenters. The predicted octanol–water partition coefficient (Wildman–Crippen LogP) is 4.31. The van der Waals surface area contributed by atoms with Crippen molar-refractivity contribution in [1.29, 1.82) is 0 Å². The number of nitrogens with one attached hydrogen (secondary N) is 1. The summed E-state index contributed by atoms with van der Waals surface area (Å²) >= 11 is 0. The number of nitrogens with zero attached hydrogens (tertiary/aromatic N) is 2. The van der Waals surface area contributed by atoms with Gasteiger partial charge in [0.2, 0.25) is 11.8 Å². The van der Waals surface area contributed by atoms with Gasteiger partial charge >= 0.3 is 0 Å². The molecule has 2 aliphatic rings. The van der Waals surface area contributed by atoms with E-state index in [1.807, 2.05) is 41.3 Å². The summed E-state index contributed by atoms with van der Waals surface area (Å²) in [4.78, 5) is 32.3. The van der Waals surface area contributed by atoms with Crippen LogP contribution in [0.1, 0.15) is 43.6 Å². The van der Waals surface area contributed by atoms with Crippen molar-refractivity contribution in [1.82, 2.24) is 15.4 Å². The summed E-state index contributed by atoms with van der Waals surface area (Å²) < 4.78 is 6.21. The second-order valence-electron chi connectivity index (χ2n) is 9.61. The quantitative estimate of drug-likeness (QED) is 0.426. The van der Waals surface area contributed by atoms with Crippen molar-refractivity contribution in [3.05, 3.63) is 72.4 Å². The zero-order valence-electron chi connectivity index (χ0n) is 19.7. The van der Waals surface area contributed by atoms with Gasteiger partial charge in [-0.15, -0.1) is 0 Å². The number of carbonyl (C=O) groups excluding carboxylic acids is 2. The van der Waals surface area contributed by atoms with Gasteiger partial charge in [-0.2, -0.15) is 0 Å². The van der Waals surface area contributed by atoms with Gasteiger partial charge in [-0.1, -0.05) is 36.4 Å². The lowest BCUT2D eigenvalue weighted by atomic mass is 9.76. The molecule has 182 valence electrons. The van der Waals surface area contributed by atoms with Crippen molar-refractivity contribution < 1.29 is 19.5 Å². The predicted molar refractivity (Wildman–Crippen MR) is 132 cm³/mol. The van der Waals surface area contributed by atoms with Crippen LogP contribution in [0.15, 0.2) is 66.9 Å². The molecule has 3 aromatic rings. The van der Waals surface area contributed by atoms with Crippen molar-refractivity contribution in [2.45, 2.75) is 44.1 Å². The largest absolute Gasteiger partial charge is 0.490 e. The highest BCUT2D eigenvalue weighted by Crippen LogP contribution is 2.36. The minimum atomic E-state index is -0.625. The lowest BCUT2D eigenvalue weighted by molar-refractivity contribution is -0.149. The van der Waals surface area contributed by atoms with E-state index in [0.717, 1.165) is 23.7 Å². The van der Waals surface area contributed by atoms with E-state index in [1.165, 1.54) is 5.56 Å². The van der Waals surface area contributed by atoms with Crippen LogP contribution in [0.2, 0.25) is 0 Å². The Kier molecular flexibility index (Phi) is 6.95. The molecule has 0 bridgehead atoms. The first-order chi connectivity index (χ1) is 17.1. The third kappa shape index (κ3) is 5.15. The Labute approximate surface area is 205 Å². The monoisotopic (exact) mass is 473 g/mol. The topological polar surface area (TPSA) is 91.8 Å². The fraction of sp³-hybridized carbons (Fsp3) is 0.393. The number of fused-ring (bicyclic) bond motifs is 1. The van der Waals surface area contributed by atoms with Crippen molar-refractivity contribution in [3.8, 4) is 5.75 Å². The number of benzene rings is 2.